The van der Waals surface area contributed by atoms with Crippen molar-refractivity contribution in [2.45, 2.75) is 31.0 Å². The van der Waals surface area contributed by atoms with Crippen molar-refractivity contribution in [3.63, 3.8) is 0 Å². The molecule has 2 aromatic carbocycles. The fraction of sp³-hybridized carbons (Fsp3) is 0.300. The summed E-state index contributed by atoms with van der Waals surface area (Å²) in [6.07, 6.45) is -1.04. The maximum Gasteiger partial charge on any atom is 0.240 e. The highest BCUT2D eigenvalue weighted by Gasteiger charge is 2.39. The molecular weight excluding hydrogens is 319 g/mol. The molecular formula is C20H21FN2O2. The molecule has 1 aliphatic rings. The molecule has 5 heteroatoms. The van der Waals surface area contributed by atoms with Crippen LogP contribution in [0.25, 0.3) is 0 Å². The van der Waals surface area contributed by atoms with Gasteiger partial charge in [-0.3, -0.25) is 9.59 Å². The maximum absolute atomic E-state index is 13.7. The second-order valence-corrected chi connectivity index (χ2v) is 6.38. The number of carbonyl (C=O) groups is 2. The molecule has 0 aliphatic carbocycles. The monoisotopic (exact) mass is 340 g/mol. The van der Waals surface area contributed by atoms with Gasteiger partial charge in [0, 0.05) is 18.8 Å². The third-order valence-electron chi connectivity index (χ3n) is 4.68. The van der Waals surface area contributed by atoms with E-state index in [-0.39, 0.29) is 31.2 Å². The van der Waals surface area contributed by atoms with Gasteiger partial charge in [0.05, 0.1) is 6.54 Å². The predicted octanol–water partition coefficient (Wildman–Crippen LogP) is 2.63. The Morgan fingerprint density at radius 1 is 1.04 bits per heavy atom. The Hall–Kier alpha value is -2.69. The highest BCUT2D eigenvalue weighted by atomic mass is 19.1. The van der Waals surface area contributed by atoms with Crippen molar-refractivity contribution in [1.82, 2.24) is 4.90 Å². The summed E-state index contributed by atoms with van der Waals surface area (Å²) >= 11 is 0. The van der Waals surface area contributed by atoms with Crippen LogP contribution in [0.2, 0.25) is 0 Å². The number of hydrogen-bond donors (Lipinski definition) is 1. The van der Waals surface area contributed by atoms with Crippen LogP contribution in [0.3, 0.4) is 0 Å². The van der Waals surface area contributed by atoms with Crippen molar-refractivity contribution in [2.24, 2.45) is 5.73 Å². The summed E-state index contributed by atoms with van der Waals surface area (Å²) in [6, 6.07) is 18.6. The standard InChI is InChI=1S/C20H21FN2O2/c21-16-11-18(20(22)25)23(13-16)19(24)12-17(14-7-3-1-4-8-14)15-9-5-2-6-10-15/h1-10,16-18H,11-13H2,(H2,22,25)/t16-,18+/m1/s1. The first-order chi connectivity index (χ1) is 12.1. The number of alkyl halides is 1. The molecule has 0 aromatic heterocycles. The number of benzene rings is 2. The number of hydrogen-bond acceptors (Lipinski definition) is 2. The Kier molecular flexibility index (Phi) is 5.12. The molecule has 1 fully saturated rings. The number of halogens is 1. The zero-order valence-electron chi connectivity index (χ0n) is 13.8. The highest BCUT2D eigenvalue weighted by Crippen LogP contribution is 2.30. The first kappa shape index (κ1) is 17.1. The molecule has 1 aliphatic heterocycles. The lowest BCUT2D eigenvalue weighted by atomic mass is 9.88. The van der Waals surface area contributed by atoms with Gasteiger partial charge < -0.3 is 10.6 Å². The van der Waals surface area contributed by atoms with Gasteiger partial charge in [-0.05, 0) is 11.1 Å². The number of nitrogens with two attached hydrogens (primary N) is 1. The van der Waals surface area contributed by atoms with E-state index in [4.69, 9.17) is 5.73 Å². The molecule has 2 aromatic rings. The topological polar surface area (TPSA) is 63.4 Å². The minimum atomic E-state index is -1.20. The van der Waals surface area contributed by atoms with Crippen molar-refractivity contribution in [3.8, 4) is 0 Å². The van der Waals surface area contributed by atoms with Gasteiger partial charge in [-0.1, -0.05) is 60.7 Å². The molecule has 25 heavy (non-hydrogen) atoms. The van der Waals surface area contributed by atoms with Crippen molar-refractivity contribution < 1.29 is 14.0 Å². The van der Waals surface area contributed by atoms with Gasteiger partial charge >= 0.3 is 0 Å². The van der Waals surface area contributed by atoms with Gasteiger partial charge in [0.1, 0.15) is 12.2 Å². The zero-order chi connectivity index (χ0) is 17.8. The summed E-state index contributed by atoms with van der Waals surface area (Å²) in [5, 5.41) is 0. The van der Waals surface area contributed by atoms with Crippen LogP contribution in [0.1, 0.15) is 29.9 Å². The second kappa shape index (κ2) is 7.47. The molecule has 0 bridgehead atoms. The summed E-state index contributed by atoms with van der Waals surface area (Å²) in [7, 11) is 0. The average molecular weight is 340 g/mol. The lowest BCUT2D eigenvalue weighted by molar-refractivity contribution is -0.137. The lowest BCUT2D eigenvalue weighted by Gasteiger charge is -2.25. The number of rotatable bonds is 5. The van der Waals surface area contributed by atoms with Crippen molar-refractivity contribution in [2.75, 3.05) is 6.54 Å². The normalized spacial score (nSPS) is 20.0. The molecule has 1 heterocycles. The van der Waals surface area contributed by atoms with E-state index in [0.29, 0.717) is 0 Å². The van der Waals surface area contributed by atoms with Crippen LogP contribution < -0.4 is 5.73 Å². The Balaban J connectivity index is 1.85. The summed E-state index contributed by atoms with van der Waals surface area (Å²) in [6.45, 7) is -0.0667. The van der Waals surface area contributed by atoms with Crippen LogP contribution in [0.4, 0.5) is 4.39 Å². The number of nitrogens with zero attached hydrogens (tertiary/aromatic N) is 1. The van der Waals surface area contributed by atoms with Crippen LogP contribution in [0, 0.1) is 0 Å². The molecule has 0 radical (unpaired) electrons. The third-order valence-corrected chi connectivity index (χ3v) is 4.68. The van der Waals surface area contributed by atoms with Gasteiger partial charge in [-0.25, -0.2) is 4.39 Å². The maximum atomic E-state index is 13.7. The number of carbonyl (C=O) groups excluding carboxylic acids is 2. The molecule has 2 N–H and O–H groups in total. The molecule has 4 nitrogen and oxygen atoms in total. The lowest BCUT2D eigenvalue weighted by Crippen LogP contribution is -2.44. The van der Waals surface area contributed by atoms with Crippen molar-refractivity contribution >= 4 is 11.8 Å². The van der Waals surface area contributed by atoms with Gasteiger partial charge in [0.15, 0.2) is 0 Å². The number of likely N-dealkylation sites (tertiary alicyclic amines) is 1. The zero-order valence-corrected chi connectivity index (χ0v) is 13.8. The van der Waals surface area contributed by atoms with Crippen LogP contribution in [-0.2, 0) is 9.59 Å². The molecule has 1 saturated heterocycles. The van der Waals surface area contributed by atoms with Crippen LogP contribution in [0.5, 0.6) is 0 Å². The van der Waals surface area contributed by atoms with Crippen molar-refractivity contribution in [3.05, 3.63) is 71.8 Å². The smallest absolute Gasteiger partial charge is 0.240 e. The quantitative estimate of drug-likeness (QED) is 0.909. The molecule has 0 spiro atoms. The molecule has 2 atom stereocenters. The van der Waals surface area contributed by atoms with E-state index >= 15 is 0 Å². The molecule has 130 valence electrons. The molecule has 3 rings (SSSR count). The van der Waals surface area contributed by atoms with E-state index in [1.807, 2.05) is 60.7 Å². The van der Waals surface area contributed by atoms with Crippen LogP contribution >= 0.6 is 0 Å². The molecule has 0 saturated carbocycles. The fourth-order valence-corrected chi connectivity index (χ4v) is 3.42. The third kappa shape index (κ3) is 3.87. The first-order valence-corrected chi connectivity index (χ1v) is 8.39. The molecule has 2 amide bonds. The summed E-state index contributed by atoms with van der Waals surface area (Å²) < 4.78 is 13.7. The van der Waals surface area contributed by atoms with Crippen LogP contribution in [-0.4, -0.2) is 35.5 Å². The Labute approximate surface area is 146 Å². The van der Waals surface area contributed by atoms with Gasteiger partial charge in [-0.2, -0.15) is 0 Å². The van der Waals surface area contributed by atoms with E-state index < -0.39 is 18.1 Å². The van der Waals surface area contributed by atoms with E-state index in [0.717, 1.165) is 11.1 Å². The summed E-state index contributed by atoms with van der Waals surface area (Å²) in [5.41, 5.74) is 7.36. The van der Waals surface area contributed by atoms with E-state index in [1.165, 1.54) is 4.90 Å². The number of primary amides is 1. The summed E-state index contributed by atoms with van der Waals surface area (Å²) in [4.78, 5) is 25.7. The van der Waals surface area contributed by atoms with E-state index in [2.05, 4.69) is 0 Å². The first-order valence-electron chi connectivity index (χ1n) is 8.39. The SMILES string of the molecule is NC(=O)[C@@H]1C[C@@H](F)CN1C(=O)CC(c1ccccc1)c1ccccc1. The number of amides is 2. The molecule has 0 unspecified atom stereocenters. The summed E-state index contributed by atoms with van der Waals surface area (Å²) in [5.74, 6) is -1.05. The highest BCUT2D eigenvalue weighted by molar-refractivity contribution is 5.88. The minimum absolute atomic E-state index is 0.0115. The Morgan fingerprint density at radius 3 is 2.04 bits per heavy atom. The van der Waals surface area contributed by atoms with Gasteiger partial charge in [0.2, 0.25) is 11.8 Å². The Bertz CT molecular complexity index is 696. The van der Waals surface area contributed by atoms with E-state index in [1.54, 1.807) is 0 Å². The Morgan fingerprint density at radius 2 is 1.56 bits per heavy atom. The largest absolute Gasteiger partial charge is 0.368 e. The van der Waals surface area contributed by atoms with Gasteiger partial charge in [-0.15, -0.1) is 0 Å². The fourth-order valence-electron chi connectivity index (χ4n) is 3.42. The predicted molar refractivity (Wildman–Crippen MR) is 93.6 cm³/mol. The second-order valence-electron chi connectivity index (χ2n) is 6.38. The van der Waals surface area contributed by atoms with E-state index in [9.17, 15) is 14.0 Å². The average Bonchev–Trinajstić information content (AvgIpc) is 3.03. The van der Waals surface area contributed by atoms with Crippen LogP contribution in [0.15, 0.2) is 60.7 Å². The van der Waals surface area contributed by atoms with Crippen molar-refractivity contribution in [1.29, 1.82) is 0 Å². The minimum Gasteiger partial charge on any atom is -0.368 e. The van der Waals surface area contributed by atoms with Gasteiger partial charge in [0.25, 0.3) is 0 Å².